The molecule has 0 aromatic heterocycles. The van der Waals surface area contributed by atoms with E-state index in [1.807, 2.05) is 19.1 Å². The number of nitrogens with two attached hydrogens (primary N) is 1. The van der Waals surface area contributed by atoms with Gasteiger partial charge in [0.05, 0.1) is 6.10 Å². The molecule has 1 aliphatic heterocycles. The maximum absolute atomic E-state index is 14.0. The van der Waals surface area contributed by atoms with Crippen LogP contribution in [0.1, 0.15) is 31.7 Å². The van der Waals surface area contributed by atoms with Crippen molar-refractivity contribution in [2.24, 2.45) is 5.73 Å². The minimum absolute atomic E-state index is 0.116. The Labute approximate surface area is 118 Å². The molecule has 2 N–H and O–H groups in total. The Morgan fingerprint density at radius 2 is 2.37 bits per heavy atom. The van der Waals surface area contributed by atoms with Gasteiger partial charge >= 0.3 is 0 Å². The lowest BCUT2D eigenvalue weighted by molar-refractivity contribution is 0.129. The highest BCUT2D eigenvalue weighted by Crippen LogP contribution is 2.26. The number of hydrogen-bond donors (Lipinski definition) is 1. The monoisotopic (exact) mass is 283 g/mol. The Morgan fingerprint density at radius 1 is 1.53 bits per heavy atom. The molecule has 1 aromatic rings. The van der Waals surface area contributed by atoms with Gasteiger partial charge in [-0.05, 0) is 43.4 Å². The van der Waals surface area contributed by atoms with E-state index in [1.165, 1.54) is 0 Å². The molecule has 0 amide bonds. The predicted octanol–water partition coefficient (Wildman–Crippen LogP) is 3.38. The Morgan fingerprint density at radius 3 is 3.00 bits per heavy atom. The molecule has 2 unspecified atom stereocenters. The van der Waals surface area contributed by atoms with Crippen molar-refractivity contribution in [2.75, 3.05) is 12.4 Å². The minimum atomic E-state index is -0.135. The second-order valence-electron chi connectivity index (χ2n) is 5.08. The average molecular weight is 283 g/mol. The van der Waals surface area contributed by atoms with Crippen LogP contribution in [0.2, 0.25) is 0 Å². The topological polar surface area (TPSA) is 35.2 Å². The molecule has 0 spiro atoms. The zero-order valence-electron chi connectivity index (χ0n) is 11.4. The van der Waals surface area contributed by atoms with Crippen LogP contribution in [-0.4, -0.2) is 24.5 Å². The number of benzene rings is 1. The highest BCUT2D eigenvalue weighted by atomic mass is 32.2. The Kier molecular flexibility index (Phi) is 5.67. The summed E-state index contributed by atoms with van der Waals surface area (Å²) in [6.45, 7) is 2.90. The van der Waals surface area contributed by atoms with Crippen molar-refractivity contribution in [3.8, 4) is 0 Å². The lowest BCUT2D eigenvalue weighted by Crippen LogP contribution is -2.21. The van der Waals surface area contributed by atoms with Crippen molar-refractivity contribution in [1.29, 1.82) is 0 Å². The largest absolute Gasteiger partial charge is 0.377 e. The van der Waals surface area contributed by atoms with Crippen LogP contribution in [0.15, 0.2) is 23.1 Å². The maximum Gasteiger partial charge on any atom is 0.137 e. The maximum atomic E-state index is 14.0. The lowest BCUT2D eigenvalue weighted by Gasteiger charge is -2.11. The Bertz CT molecular complexity index is 407. The molecule has 19 heavy (non-hydrogen) atoms. The molecule has 106 valence electrons. The lowest BCUT2D eigenvalue weighted by atomic mass is 10.0. The average Bonchev–Trinajstić information content (AvgIpc) is 2.91. The van der Waals surface area contributed by atoms with Crippen LogP contribution in [0.3, 0.4) is 0 Å². The second-order valence-corrected chi connectivity index (χ2v) is 6.15. The Balaban J connectivity index is 1.90. The highest BCUT2D eigenvalue weighted by molar-refractivity contribution is 7.99. The molecular formula is C15H22FNOS. The van der Waals surface area contributed by atoms with Crippen LogP contribution in [0.4, 0.5) is 4.39 Å². The Hall–Kier alpha value is -0.580. The van der Waals surface area contributed by atoms with E-state index in [0.717, 1.165) is 43.6 Å². The smallest absolute Gasteiger partial charge is 0.137 e. The molecule has 0 radical (unpaired) electrons. The SMILES string of the molecule is CCC(N)Cc1ccc(SCC2CCCO2)c(F)c1. The van der Waals surface area contributed by atoms with Crippen molar-refractivity contribution in [1.82, 2.24) is 0 Å². The van der Waals surface area contributed by atoms with Crippen molar-refractivity contribution in [3.05, 3.63) is 29.6 Å². The van der Waals surface area contributed by atoms with Gasteiger partial charge in [-0.3, -0.25) is 0 Å². The number of thioether (sulfide) groups is 1. The van der Waals surface area contributed by atoms with Gasteiger partial charge in [0.15, 0.2) is 0 Å². The molecule has 1 heterocycles. The van der Waals surface area contributed by atoms with Gasteiger partial charge in [0.25, 0.3) is 0 Å². The van der Waals surface area contributed by atoms with Crippen LogP contribution in [0, 0.1) is 5.82 Å². The summed E-state index contributed by atoms with van der Waals surface area (Å²) in [6.07, 6.45) is 4.17. The molecule has 1 aromatic carbocycles. The van der Waals surface area contributed by atoms with Gasteiger partial charge in [0.1, 0.15) is 5.82 Å². The van der Waals surface area contributed by atoms with E-state index in [-0.39, 0.29) is 18.0 Å². The van der Waals surface area contributed by atoms with E-state index >= 15 is 0 Å². The first-order valence-corrected chi connectivity index (χ1v) is 7.96. The van der Waals surface area contributed by atoms with Crippen LogP contribution < -0.4 is 5.73 Å². The predicted molar refractivity (Wildman–Crippen MR) is 78.1 cm³/mol. The molecule has 2 atom stereocenters. The summed E-state index contributed by atoms with van der Waals surface area (Å²) in [7, 11) is 0. The van der Waals surface area contributed by atoms with Crippen molar-refractivity contribution < 1.29 is 9.13 Å². The molecule has 1 aliphatic rings. The first kappa shape index (κ1) is 14.8. The molecule has 0 bridgehead atoms. The third-order valence-electron chi connectivity index (χ3n) is 3.47. The zero-order chi connectivity index (χ0) is 13.7. The molecule has 0 saturated carbocycles. The first-order valence-electron chi connectivity index (χ1n) is 6.97. The number of rotatable bonds is 6. The molecule has 2 nitrogen and oxygen atoms in total. The van der Waals surface area contributed by atoms with E-state index in [1.54, 1.807) is 17.8 Å². The second kappa shape index (κ2) is 7.27. The van der Waals surface area contributed by atoms with Crippen molar-refractivity contribution in [3.63, 3.8) is 0 Å². The van der Waals surface area contributed by atoms with Gasteiger partial charge in [-0.2, -0.15) is 0 Å². The number of halogens is 1. The third-order valence-corrected chi connectivity index (χ3v) is 4.65. The summed E-state index contributed by atoms with van der Waals surface area (Å²) >= 11 is 1.55. The molecule has 1 fully saturated rings. The van der Waals surface area contributed by atoms with Crippen LogP contribution >= 0.6 is 11.8 Å². The summed E-state index contributed by atoms with van der Waals surface area (Å²) in [5.41, 5.74) is 6.87. The summed E-state index contributed by atoms with van der Waals surface area (Å²) in [5.74, 6) is 0.703. The number of ether oxygens (including phenoxy) is 1. The van der Waals surface area contributed by atoms with Gasteiger partial charge < -0.3 is 10.5 Å². The van der Waals surface area contributed by atoms with Crippen LogP contribution in [-0.2, 0) is 11.2 Å². The van der Waals surface area contributed by atoms with E-state index in [4.69, 9.17) is 10.5 Å². The van der Waals surface area contributed by atoms with Gasteiger partial charge in [-0.1, -0.05) is 13.0 Å². The number of hydrogen-bond acceptors (Lipinski definition) is 3. The fourth-order valence-corrected chi connectivity index (χ4v) is 3.18. The molecule has 4 heteroatoms. The first-order chi connectivity index (χ1) is 9.19. The fourth-order valence-electron chi connectivity index (χ4n) is 2.19. The van der Waals surface area contributed by atoms with Gasteiger partial charge in [-0.25, -0.2) is 4.39 Å². The van der Waals surface area contributed by atoms with E-state index in [9.17, 15) is 4.39 Å². The van der Waals surface area contributed by atoms with Gasteiger partial charge in [0.2, 0.25) is 0 Å². The third kappa shape index (κ3) is 4.48. The summed E-state index contributed by atoms with van der Waals surface area (Å²) < 4.78 is 19.5. The van der Waals surface area contributed by atoms with E-state index in [0.29, 0.717) is 4.90 Å². The quantitative estimate of drug-likeness (QED) is 0.813. The van der Waals surface area contributed by atoms with Gasteiger partial charge in [0, 0.05) is 23.3 Å². The highest BCUT2D eigenvalue weighted by Gasteiger charge is 2.16. The van der Waals surface area contributed by atoms with Gasteiger partial charge in [-0.15, -0.1) is 11.8 Å². The molecule has 1 saturated heterocycles. The van der Waals surface area contributed by atoms with Crippen LogP contribution in [0.25, 0.3) is 0 Å². The van der Waals surface area contributed by atoms with Crippen molar-refractivity contribution >= 4 is 11.8 Å². The van der Waals surface area contributed by atoms with E-state index in [2.05, 4.69) is 0 Å². The molecule has 2 rings (SSSR count). The molecular weight excluding hydrogens is 261 g/mol. The summed E-state index contributed by atoms with van der Waals surface area (Å²) in [5, 5.41) is 0. The van der Waals surface area contributed by atoms with E-state index < -0.39 is 0 Å². The zero-order valence-corrected chi connectivity index (χ0v) is 12.2. The molecule has 0 aliphatic carbocycles. The standard InChI is InChI=1S/C15H22FNOS/c1-2-12(17)8-11-5-6-15(14(16)9-11)19-10-13-4-3-7-18-13/h5-6,9,12-13H,2-4,7-8,10,17H2,1H3. The summed E-state index contributed by atoms with van der Waals surface area (Å²) in [6, 6.07) is 5.58. The van der Waals surface area contributed by atoms with Crippen molar-refractivity contribution in [2.45, 2.75) is 49.6 Å². The fraction of sp³-hybridized carbons (Fsp3) is 0.600. The minimum Gasteiger partial charge on any atom is -0.377 e. The normalized spacial score (nSPS) is 20.7. The summed E-state index contributed by atoms with van der Waals surface area (Å²) in [4.78, 5) is 0.712. The van der Waals surface area contributed by atoms with Crippen LogP contribution in [0.5, 0.6) is 0 Å².